The van der Waals surface area contributed by atoms with Crippen LogP contribution in [0.3, 0.4) is 0 Å². The number of aliphatic carboxylic acids is 2. The molecule has 13 nitrogen and oxygen atoms in total. The van der Waals surface area contributed by atoms with Crippen molar-refractivity contribution in [3.63, 3.8) is 0 Å². The number of aromatic nitrogens is 1. The zero-order valence-electron chi connectivity index (χ0n) is 26.7. The summed E-state index contributed by atoms with van der Waals surface area (Å²) in [6, 6.07) is -2.51. The molecule has 2 amide bonds. The van der Waals surface area contributed by atoms with Gasteiger partial charge in [-0.1, -0.05) is 40.5 Å². The summed E-state index contributed by atoms with van der Waals surface area (Å²) in [4.78, 5) is 93.4. The van der Waals surface area contributed by atoms with Crippen LogP contribution in [0.25, 0.3) is 0 Å². The molecule has 0 aromatic carbocycles. The number of amides is 2. The van der Waals surface area contributed by atoms with Crippen LogP contribution in [0.1, 0.15) is 94.6 Å². The Kier molecular flexibility index (Phi) is 14.9. The van der Waals surface area contributed by atoms with Crippen LogP contribution < -0.4 is 10.6 Å². The number of nitrogens with one attached hydrogen (secondary N) is 2. The number of nitrogens with zero attached hydrogens (tertiary/aromatic N) is 2. The lowest BCUT2D eigenvalue weighted by Crippen LogP contribution is -2.49. The number of carboxylic acid groups (broad SMARTS) is 2. The molecular formula is C31H46N4O9S. The van der Waals surface area contributed by atoms with Crippen LogP contribution in [0.5, 0.6) is 0 Å². The fraction of sp³-hybridized carbons (Fsp3) is 0.677. The number of rotatable bonds is 19. The molecular weight excluding hydrogens is 604 g/mol. The van der Waals surface area contributed by atoms with Gasteiger partial charge in [-0.2, -0.15) is 0 Å². The molecule has 2 unspecified atom stereocenters. The molecule has 1 fully saturated rings. The number of hydrogen-bond acceptors (Lipinski definition) is 10. The highest BCUT2D eigenvalue weighted by Crippen LogP contribution is 2.25. The second kappa shape index (κ2) is 17.8. The minimum absolute atomic E-state index is 0.0350. The molecule has 1 aromatic rings. The molecule has 2 rings (SSSR count). The molecule has 1 saturated heterocycles. The predicted molar refractivity (Wildman–Crippen MR) is 166 cm³/mol. The van der Waals surface area contributed by atoms with E-state index in [1.54, 1.807) is 13.8 Å². The number of likely N-dealkylation sites (tertiary alicyclic amines) is 1. The molecule has 0 bridgehead atoms. The summed E-state index contributed by atoms with van der Waals surface area (Å²) in [5, 5.41) is 24.8. The summed E-state index contributed by atoms with van der Waals surface area (Å²) >= 11 is 1.02. The number of likely N-dealkylation sites (N-methyl/N-ethyl adjacent to an activating group) is 1. The Morgan fingerprint density at radius 1 is 0.978 bits per heavy atom. The molecule has 0 radical (unpaired) electrons. The monoisotopic (exact) mass is 650 g/mol. The van der Waals surface area contributed by atoms with Gasteiger partial charge in [0.05, 0.1) is 37.4 Å². The first kappa shape index (κ1) is 37.7. The Bertz CT molecular complexity index is 1250. The summed E-state index contributed by atoms with van der Waals surface area (Å²) in [6.45, 7) is 8.33. The summed E-state index contributed by atoms with van der Waals surface area (Å²) in [5.41, 5.74) is -0.127. The Labute approximate surface area is 267 Å². The Hall–Kier alpha value is -3.52. The molecule has 0 aliphatic carbocycles. The minimum atomic E-state index is -1.44. The summed E-state index contributed by atoms with van der Waals surface area (Å²) in [5.74, 6) is -5.72. The summed E-state index contributed by atoms with van der Waals surface area (Å²) in [7, 11) is 1.93. The van der Waals surface area contributed by atoms with Gasteiger partial charge in [0.15, 0.2) is 17.3 Å². The highest BCUT2D eigenvalue weighted by Gasteiger charge is 2.35. The fourth-order valence-electron chi connectivity index (χ4n) is 5.36. The van der Waals surface area contributed by atoms with Gasteiger partial charge in [-0.15, -0.1) is 11.3 Å². The second-order valence-electron chi connectivity index (χ2n) is 12.1. The largest absolute Gasteiger partial charge is 0.481 e. The Balaban J connectivity index is 2.10. The van der Waals surface area contributed by atoms with Gasteiger partial charge >= 0.3 is 11.9 Å². The Morgan fingerprint density at radius 3 is 2.24 bits per heavy atom. The molecule has 4 N–H and O–H groups in total. The van der Waals surface area contributed by atoms with E-state index in [-0.39, 0.29) is 58.9 Å². The van der Waals surface area contributed by atoms with Crippen LogP contribution in [0, 0.1) is 17.8 Å². The van der Waals surface area contributed by atoms with Crippen molar-refractivity contribution in [2.45, 2.75) is 104 Å². The van der Waals surface area contributed by atoms with Crippen LogP contribution in [-0.2, 0) is 35.2 Å². The zero-order chi connectivity index (χ0) is 33.8. The SMILES string of the molecule is CCC(C)[C@H](CC(=O)C1CCCCN1C)C(=O)N[C@H](C(=O)Cc1nc(C(=O)N[C@@H](CC(=O)O)C(=O)CCC(=O)O)cs1)C(C)C. The molecule has 0 saturated carbocycles. The van der Waals surface area contributed by atoms with E-state index in [0.717, 1.165) is 37.1 Å². The first-order chi connectivity index (χ1) is 21.1. The zero-order valence-corrected chi connectivity index (χ0v) is 27.5. The average molecular weight is 651 g/mol. The number of piperidine rings is 1. The van der Waals surface area contributed by atoms with Crippen LogP contribution in [0.2, 0.25) is 0 Å². The first-order valence-electron chi connectivity index (χ1n) is 15.4. The maximum atomic E-state index is 13.5. The third-order valence-corrected chi connectivity index (χ3v) is 9.16. The van der Waals surface area contributed by atoms with Crippen molar-refractivity contribution in [2.24, 2.45) is 17.8 Å². The van der Waals surface area contributed by atoms with Crippen LogP contribution >= 0.6 is 11.3 Å². The fourth-order valence-corrected chi connectivity index (χ4v) is 6.15. The van der Waals surface area contributed by atoms with Gasteiger partial charge in [-0.05, 0) is 38.3 Å². The van der Waals surface area contributed by atoms with E-state index in [4.69, 9.17) is 10.2 Å². The highest BCUT2D eigenvalue weighted by molar-refractivity contribution is 7.10. The maximum Gasteiger partial charge on any atom is 0.305 e. The number of carboxylic acids is 2. The van der Waals surface area contributed by atoms with Crippen LogP contribution in [-0.4, -0.2) is 92.9 Å². The predicted octanol–water partition coefficient (Wildman–Crippen LogP) is 2.51. The van der Waals surface area contributed by atoms with Gasteiger partial charge in [-0.25, -0.2) is 4.98 Å². The van der Waals surface area contributed by atoms with Gasteiger partial charge in [0.1, 0.15) is 10.7 Å². The van der Waals surface area contributed by atoms with Crippen molar-refractivity contribution in [3.05, 3.63) is 16.1 Å². The van der Waals surface area contributed by atoms with E-state index >= 15 is 0 Å². The highest BCUT2D eigenvalue weighted by atomic mass is 32.1. The lowest BCUT2D eigenvalue weighted by molar-refractivity contribution is -0.140. The number of thiazole rings is 1. The van der Waals surface area contributed by atoms with E-state index in [1.807, 2.05) is 25.8 Å². The molecule has 2 heterocycles. The number of carbonyl (C=O) groups is 7. The lowest BCUT2D eigenvalue weighted by Gasteiger charge is -2.33. The topological polar surface area (TPSA) is 200 Å². The summed E-state index contributed by atoms with van der Waals surface area (Å²) < 4.78 is 0. The van der Waals surface area contributed by atoms with Crippen molar-refractivity contribution in [1.29, 1.82) is 0 Å². The van der Waals surface area contributed by atoms with E-state index < -0.39 is 60.9 Å². The molecule has 1 aromatic heterocycles. The van der Waals surface area contributed by atoms with E-state index in [2.05, 4.69) is 15.6 Å². The van der Waals surface area contributed by atoms with E-state index in [1.165, 1.54) is 5.38 Å². The van der Waals surface area contributed by atoms with Gasteiger partial charge in [-0.3, -0.25) is 38.5 Å². The van der Waals surface area contributed by atoms with Crippen LogP contribution in [0.4, 0.5) is 0 Å². The molecule has 0 spiro atoms. The van der Waals surface area contributed by atoms with Crippen molar-refractivity contribution in [2.75, 3.05) is 13.6 Å². The van der Waals surface area contributed by atoms with Crippen molar-refractivity contribution in [3.8, 4) is 0 Å². The quantitative estimate of drug-likeness (QED) is 0.171. The molecule has 250 valence electrons. The van der Waals surface area contributed by atoms with E-state index in [0.29, 0.717) is 6.42 Å². The van der Waals surface area contributed by atoms with E-state index in [9.17, 15) is 33.6 Å². The molecule has 1 aliphatic heterocycles. The molecule has 14 heteroatoms. The van der Waals surface area contributed by atoms with Gasteiger partial charge < -0.3 is 20.8 Å². The number of Topliss-reactive ketones (excluding diaryl/α,β-unsaturated/α-hetero) is 3. The normalized spacial score (nSPS) is 18.0. The molecule has 1 aliphatic rings. The number of carbonyl (C=O) groups excluding carboxylic acids is 5. The van der Waals surface area contributed by atoms with Crippen molar-refractivity contribution in [1.82, 2.24) is 20.5 Å². The minimum Gasteiger partial charge on any atom is -0.481 e. The van der Waals surface area contributed by atoms with Crippen molar-refractivity contribution >= 4 is 52.4 Å². The van der Waals surface area contributed by atoms with Gasteiger partial charge in [0, 0.05) is 24.1 Å². The lowest BCUT2D eigenvalue weighted by atomic mass is 9.83. The van der Waals surface area contributed by atoms with Gasteiger partial charge in [0.25, 0.3) is 5.91 Å². The Morgan fingerprint density at radius 2 is 1.67 bits per heavy atom. The third-order valence-electron chi connectivity index (χ3n) is 8.31. The average Bonchev–Trinajstić information content (AvgIpc) is 3.44. The third kappa shape index (κ3) is 11.7. The summed E-state index contributed by atoms with van der Waals surface area (Å²) in [6.07, 6.45) is 1.71. The molecule has 5 atom stereocenters. The number of hydrogen-bond donors (Lipinski definition) is 4. The standard InChI is InChI=1S/C31H46N4O9S/c1-6-18(4)19(13-24(37)22-9-7-8-12-35(22)5)30(43)34-29(17(2)3)25(38)15-26-32-21(16-45-26)31(44)33-20(14-28(41)42)23(36)10-11-27(39)40/h16-20,22,29H,6-15H2,1-5H3,(H,33,44)(H,34,43)(H,39,40)(H,41,42)/t18?,19-,20-,22?,29-/m0/s1. The first-order valence-corrected chi connectivity index (χ1v) is 16.3. The maximum absolute atomic E-state index is 13.5. The number of ketones is 3. The van der Waals surface area contributed by atoms with Gasteiger partial charge in [0.2, 0.25) is 5.91 Å². The smallest absolute Gasteiger partial charge is 0.305 e. The van der Waals surface area contributed by atoms with Crippen LogP contribution in [0.15, 0.2) is 5.38 Å². The second-order valence-corrected chi connectivity index (χ2v) is 13.1. The molecule has 45 heavy (non-hydrogen) atoms. The van der Waals surface area contributed by atoms with Crippen molar-refractivity contribution < 1.29 is 43.8 Å².